The van der Waals surface area contributed by atoms with E-state index in [1.807, 2.05) is 0 Å². The minimum Gasteiger partial charge on any atom is -0.557 e. The van der Waals surface area contributed by atoms with Crippen molar-refractivity contribution in [3.05, 3.63) is 10.4 Å². The summed E-state index contributed by atoms with van der Waals surface area (Å²) in [5, 5.41) is 16.1. The van der Waals surface area contributed by atoms with Crippen LogP contribution in [0.4, 0.5) is 0 Å². The molecule has 0 aromatic heterocycles. The average Bonchev–Trinajstić information content (AvgIpc) is 1.76. The maximum Gasteiger partial charge on any atom is 1.00 e. The molecule has 5 nitrogen and oxygen atoms in total. The molecule has 0 N–H and O–H groups in total. The fourth-order valence-electron chi connectivity index (χ4n) is 0.0272. The molecule has 1 saturated heterocycles. The van der Waals surface area contributed by atoms with Gasteiger partial charge in [0.25, 0.3) is 0 Å². The molecule has 0 unspecified atom stereocenters. The minimum absolute atomic E-state index is 0. The molecule has 0 atom stereocenters. The van der Waals surface area contributed by atoms with Gasteiger partial charge in [0, 0.05) is 0 Å². The molecule has 1 fully saturated rings. The van der Waals surface area contributed by atoms with Crippen LogP contribution in [-0.4, -0.2) is 5.14 Å². The van der Waals surface area contributed by atoms with Crippen molar-refractivity contribution >= 4 is 0 Å². The van der Waals surface area contributed by atoms with E-state index in [-0.39, 0.29) is 29.6 Å². The quantitative estimate of drug-likeness (QED) is 0.105. The molecule has 0 aromatic carbocycles. The third kappa shape index (κ3) is 2.06. The van der Waals surface area contributed by atoms with Crippen LogP contribution in [-0.2, 0) is 9.98 Å². The third-order valence-electron chi connectivity index (χ3n) is 0.196. The van der Waals surface area contributed by atoms with Gasteiger partial charge < -0.3 is 10.4 Å². The molecule has 6 heteroatoms. The summed E-state index contributed by atoms with van der Waals surface area (Å²) in [6.07, 6.45) is 0. The van der Waals surface area contributed by atoms with Crippen molar-refractivity contribution in [2.45, 2.75) is 0 Å². The number of hydrogen-bond acceptors (Lipinski definition) is 4. The molecule has 0 amide bonds. The van der Waals surface area contributed by atoms with Crippen LogP contribution in [0, 0.1) is 10.4 Å². The molecule has 1 rings (SSSR count). The molecule has 0 saturated carbocycles. The zero-order chi connectivity index (χ0) is 3.91. The normalized spacial score (nSPS) is 25.0. The van der Waals surface area contributed by atoms with E-state index in [0.717, 1.165) is 0 Å². The maximum absolute atomic E-state index is 9.15. The van der Waals surface area contributed by atoms with E-state index in [4.69, 9.17) is 10.4 Å². The van der Waals surface area contributed by atoms with Gasteiger partial charge in [0.15, 0.2) is 0 Å². The van der Waals surface area contributed by atoms with Gasteiger partial charge in [-0.15, -0.1) is 0 Å². The Morgan fingerprint density at radius 2 is 1.33 bits per heavy atom. The van der Waals surface area contributed by atoms with Gasteiger partial charge >= 0.3 is 29.6 Å². The van der Waals surface area contributed by atoms with E-state index in [1.165, 1.54) is 0 Å². The predicted molar refractivity (Wildman–Crippen MR) is 9.16 cm³/mol. The third-order valence-corrected chi connectivity index (χ3v) is 0.196. The van der Waals surface area contributed by atoms with Crippen molar-refractivity contribution in [3.8, 4) is 0 Å². The Morgan fingerprint density at radius 3 is 1.33 bits per heavy atom. The van der Waals surface area contributed by atoms with Gasteiger partial charge in [-0.2, -0.15) is 0 Å². The van der Waals surface area contributed by atoms with Crippen LogP contribution in [0.1, 0.15) is 0 Å². The molecule has 30 valence electrons. The van der Waals surface area contributed by atoms with Gasteiger partial charge in [-0.05, 0) is 5.14 Å². The first-order valence-electron chi connectivity index (χ1n) is 0.897. The number of rotatable bonds is 0. The summed E-state index contributed by atoms with van der Waals surface area (Å²) in [5.41, 5.74) is 0. The minimum atomic E-state index is -2.25. The molecule has 1 aliphatic heterocycles. The molecule has 0 bridgehead atoms. The molecular weight excluding hydrogens is 101 g/mol. The second-order valence-electron chi connectivity index (χ2n) is 0.596. The van der Waals surface area contributed by atoms with Crippen molar-refractivity contribution in [2.24, 2.45) is 0 Å². The molecule has 1 aliphatic rings. The van der Waals surface area contributed by atoms with Crippen LogP contribution in [0.15, 0.2) is 0 Å². The summed E-state index contributed by atoms with van der Waals surface area (Å²) in [5.74, 6) is 0. The van der Waals surface area contributed by atoms with Crippen molar-refractivity contribution in [1.29, 1.82) is 0 Å². The Kier molecular flexibility index (Phi) is 1.96. The van der Waals surface area contributed by atoms with Crippen LogP contribution in [0.25, 0.3) is 0 Å². The molecule has 0 spiro atoms. The summed E-state index contributed by atoms with van der Waals surface area (Å²) in [4.78, 5) is 6.44. The fraction of sp³-hybridized carbons (Fsp3) is 0. The van der Waals surface area contributed by atoms with Crippen LogP contribution >= 0.6 is 0 Å². The number of quaternary nitrogens is 1. The fourth-order valence-corrected chi connectivity index (χ4v) is 0.0272. The Balaban J connectivity index is 0.000000250. The van der Waals surface area contributed by atoms with E-state index in [1.54, 1.807) is 0 Å². The van der Waals surface area contributed by atoms with Crippen molar-refractivity contribution < 1.29 is 44.7 Å². The topological polar surface area (TPSA) is 71.2 Å². The van der Waals surface area contributed by atoms with Gasteiger partial charge in [-0.1, -0.05) is 0 Å². The molecule has 0 aromatic rings. The summed E-state index contributed by atoms with van der Waals surface area (Å²) in [6.45, 7) is 0. The van der Waals surface area contributed by atoms with E-state index in [2.05, 4.69) is 9.98 Å². The molecule has 0 radical (unpaired) electrons. The number of hydrogen-bond donors (Lipinski definition) is 0. The Labute approximate surface area is 55.3 Å². The zero-order valence-corrected chi connectivity index (χ0v) is 5.08. The van der Waals surface area contributed by atoms with E-state index < -0.39 is 5.14 Å². The standard InChI is InChI=1S/NO4.Na/c2-1(3)4-5-1;/q-1;+1. The van der Waals surface area contributed by atoms with Crippen LogP contribution in [0.5, 0.6) is 0 Å². The molecule has 1 heterocycles. The van der Waals surface area contributed by atoms with Crippen molar-refractivity contribution in [2.75, 3.05) is 0 Å². The molecule has 0 aliphatic carbocycles. The first-order valence-corrected chi connectivity index (χ1v) is 0.897. The Morgan fingerprint density at radius 1 is 1.17 bits per heavy atom. The SMILES string of the molecule is [Na+].[O-][N+]1([O-])OO1. The zero-order valence-electron chi connectivity index (χ0n) is 3.08. The molecule has 6 heavy (non-hydrogen) atoms. The number of nitrogens with zero attached hydrogens (tertiary/aromatic N) is 1. The van der Waals surface area contributed by atoms with E-state index >= 15 is 0 Å². The van der Waals surface area contributed by atoms with E-state index in [0.29, 0.717) is 0 Å². The Bertz CT molecular complexity index is 45.5. The van der Waals surface area contributed by atoms with Gasteiger partial charge in [-0.25, -0.2) is 0 Å². The van der Waals surface area contributed by atoms with Crippen molar-refractivity contribution in [1.82, 2.24) is 0 Å². The summed E-state index contributed by atoms with van der Waals surface area (Å²) in [6, 6.07) is 0. The first-order chi connectivity index (χ1) is 2.21. The van der Waals surface area contributed by atoms with Crippen LogP contribution in [0.3, 0.4) is 0 Å². The van der Waals surface area contributed by atoms with Gasteiger partial charge in [0.1, 0.15) is 0 Å². The van der Waals surface area contributed by atoms with Crippen LogP contribution < -0.4 is 29.6 Å². The predicted octanol–water partition coefficient (Wildman–Crippen LogP) is -3.41. The van der Waals surface area contributed by atoms with Crippen LogP contribution in [0.2, 0.25) is 0 Å². The maximum atomic E-state index is 9.15. The van der Waals surface area contributed by atoms with E-state index in [9.17, 15) is 0 Å². The largest absolute Gasteiger partial charge is 1.00 e. The van der Waals surface area contributed by atoms with Gasteiger partial charge in [-0.3, -0.25) is 0 Å². The smallest absolute Gasteiger partial charge is 0.557 e. The van der Waals surface area contributed by atoms with Crippen molar-refractivity contribution in [3.63, 3.8) is 0 Å². The Hall–Kier alpha value is 0.800. The van der Waals surface area contributed by atoms with Gasteiger partial charge in [0.2, 0.25) is 0 Å². The monoisotopic (exact) mass is 101 g/mol. The second kappa shape index (κ2) is 1.73. The summed E-state index contributed by atoms with van der Waals surface area (Å²) >= 11 is 0. The first kappa shape index (κ1) is 6.80. The average molecular weight is 101 g/mol. The summed E-state index contributed by atoms with van der Waals surface area (Å²) < 4.78 is 0. The summed E-state index contributed by atoms with van der Waals surface area (Å²) in [7, 11) is 0. The van der Waals surface area contributed by atoms with Gasteiger partial charge in [0.05, 0.1) is 9.98 Å². The molecular formula is NNaO4. The second-order valence-corrected chi connectivity index (χ2v) is 0.596.